The zero-order chi connectivity index (χ0) is 53.6. The maximum atomic E-state index is 12.9. The van der Waals surface area contributed by atoms with Crippen molar-refractivity contribution in [3.8, 4) is 0 Å². The zero-order valence-corrected chi connectivity index (χ0v) is 50.4. The summed E-state index contributed by atoms with van der Waals surface area (Å²) in [7, 11) is 0. The molecule has 0 aliphatic heterocycles. The molecule has 0 saturated carbocycles. The minimum atomic E-state index is -0.767. The van der Waals surface area contributed by atoms with Gasteiger partial charge in [0, 0.05) is 19.3 Å². The fourth-order valence-electron chi connectivity index (χ4n) is 10.4. The molecule has 1 unspecified atom stereocenters. The third-order valence-corrected chi connectivity index (χ3v) is 15.5. The summed E-state index contributed by atoms with van der Waals surface area (Å²) >= 11 is 0. The first-order valence-electron chi connectivity index (χ1n) is 33.7. The average molecular weight is 1040 g/mol. The maximum Gasteiger partial charge on any atom is 0.306 e. The van der Waals surface area contributed by atoms with Crippen LogP contribution in [0, 0.1) is 0 Å². The van der Waals surface area contributed by atoms with Gasteiger partial charge in [-0.3, -0.25) is 14.4 Å². The van der Waals surface area contributed by atoms with Gasteiger partial charge in [0.2, 0.25) is 0 Å². The van der Waals surface area contributed by atoms with Crippen molar-refractivity contribution in [1.82, 2.24) is 0 Å². The van der Waals surface area contributed by atoms with Crippen molar-refractivity contribution in [1.29, 1.82) is 0 Å². The van der Waals surface area contributed by atoms with Gasteiger partial charge in [0.25, 0.3) is 0 Å². The number of rotatable bonds is 63. The van der Waals surface area contributed by atoms with Gasteiger partial charge < -0.3 is 14.2 Å². The van der Waals surface area contributed by atoms with Gasteiger partial charge in [-0.05, 0) is 44.9 Å². The van der Waals surface area contributed by atoms with Crippen LogP contribution in [0.2, 0.25) is 0 Å². The molecule has 6 heteroatoms. The van der Waals surface area contributed by atoms with Crippen molar-refractivity contribution < 1.29 is 28.6 Å². The van der Waals surface area contributed by atoms with Crippen LogP contribution < -0.4 is 0 Å². The van der Waals surface area contributed by atoms with Crippen LogP contribution in [0.3, 0.4) is 0 Å². The minimum absolute atomic E-state index is 0.0655. The number of carbonyl (C=O) groups is 3. The van der Waals surface area contributed by atoms with Gasteiger partial charge in [-0.2, -0.15) is 0 Å². The molecule has 0 bridgehead atoms. The standard InChI is InChI=1S/C68H130O6/c1-4-7-10-13-16-19-22-24-26-28-30-31-32-33-34-35-36-37-38-39-41-42-44-46-49-52-55-58-61-67(70)73-64-65(63-72-66(69)60-57-54-51-48-21-18-15-12-9-6-3)74-68(71)62-59-56-53-50-47-45-43-40-29-27-25-23-20-17-14-11-8-5-2/h27,29,65H,4-26,28,30-64H2,1-3H3/b29-27-. The van der Waals surface area contributed by atoms with Crippen LogP contribution in [-0.4, -0.2) is 37.2 Å². The second kappa shape index (κ2) is 63.7. The van der Waals surface area contributed by atoms with Crippen LogP contribution in [0.25, 0.3) is 0 Å². The predicted molar refractivity (Wildman–Crippen MR) is 321 cm³/mol. The van der Waals surface area contributed by atoms with E-state index in [0.29, 0.717) is 19.3 Å². The van der Waals surface area contributed by atoms with E-state index >= 15 is 0 Å². The molecule has 0 aliphatic rings. The highest BCUT2D eigenvalue weighted by Gasteiger charge is 2.19. The summed E-state index contributed by atoms with van der Waals surface area (Å²) in [6, 6.07) is 0. The Morgan fingerprint density at radius 3 is 0.676 bits per heavy atom. The van der Waals surface area contributed by atoms with E-state index < -0.39 is 6.10 Å². The molecule has 0 heterocycles. The second-order valence-electron chi connectivity index (χ2n) is 23.1. The third kappa shape index (κ3) is 61.0. The van der Waals surface area contributed by atoms with Crippen molar-refractivity contribution in [2.75, 3.05) is 13.2 Å². The van der Waals surface area contributed by atoms with Gasteiger partial charge in [-0.25, -0.2) is 0 Å². The van der Waals surface area contributed by atoms with E-state index in [1.807, 2.05) is 0 Å². The number of hydrogen-bond acceptors (Lipinski definition) is 6. The van der Waals surface area contributed by atoms with Crippen molar-refractivity contribution in [3.63, 3.8) is 0 Å². The molecule has 0 fully saturated rings. The van der Waals surface area contributed by atoms with Gasteiger partial charge in [0.1, 0.15) is 13.2 Å². The van der Waals surface area contributed by atoms with E-state index in [1.54, 1.807) is 0 Å². The Morgan fingerprint density at radius 2 is 0.446 bits per heavy atom. The number of carbonyl (C=O) groups excluding carboxylic acids is 3. The van der Waals surface area contributed by atoms with Crippen LogP contribution >= 0.6 is 0 Å². The first-order chi connectivity index (χ1) is 36.5. The van der Waals surface area contributed by atoms with E-state index in [1.165, 1.54) is 289 Å². The van der Waals surface area contributed by atoms with Gasteiger partial charge in [0.05, 0.1) is 0 Å². The number of unbranched alkanes of at least 4 members (excludes halogenated alkanes) is 50. The highest BCUT2D eigenvalue weighted by molar-refractivity contribution is 5.71. The van der Waals surface area contributed by atoms with Gasteiger partial charge >= 0.3 is 17.9 Å². The molecule has 6 nitrogen and oxygen atoms in total. The van der Waals surface area contributed by atoms with Gasteiger partial charge in [-0.1, -0.05) is 335 Å². The highest BCUT2D eigenvalue weighted by Crippen LogP contribution is 2.19. The van der Waals surface area contributed by atoms with Gasteiger partial charge in [-0.15, -0.1) is 0 Å². The summed E-state index contributed by atoms with van der Waals surface area (Å²) in [5.74, 6) is -0.842. The molecule has 0 aliphatic carbocycles. The smallest absolute Gasteiger partial charge is 0.306 e. The third-order valence-electron chi connectivity index (χ3n) is 15.5. The zero-order valence-electron chi connectivity index (χ0n) is 50.4. The number of esters is 3. The summed E-state index contributed by atoms with van der Waals surface area (Å²) in [6.45, 7) is 6.70. The van der Waals surface area contributed by atoms with E-state index in [-0.39, 0.29) is 31.1 Å². The lowest BCUT2D eigenvalue weighted by molar-refractivity contribution is -0.167. The molecule has 0 amide bonds. The van der Waals surface area contributed by atoms with Crippen LogP contribution in [0.15, 0.2) is 12.2 Å². The molecular weight excluding hydrogens is 913 g/mol. The quantitative estimate of drug-likeness (QED) is 0.0261. The highest BCUT2D eigenvalue weighted by atomic mass is 16.6. The Balaban J connectivity index is 4.10. The summed E-state index contributed by atoms with van der Waals surface area (Å²) in [4.78, 5) is 38.2. The normalized spacial score (nSPS) is 12.0. The molecule has 0 radical (unpaired) electrons. The number of allylic oxidation sites excluding steroid dienone is 2. The minimum Gasteiger partial charge on any atom is -0.462 e. The molecule has 0 aromatic heterocycles. The van der Waals surface area contributed by atoms with Gasteiger partial charge in [0.15, 0.2) is 6.10 Å². The average Bonchev–Trinajstić information content (AvgIpc) is 3.40. The summed E-state index contributed by atoms with van der Waals surface area (Å²) < 4.78 is 16.9. The molecule has 74 heavy (non-hydrogen) atoms. The lowest BCUT2D eigenvalue weighted by Crippen LogP contribution is -2.30. The maximum absolute atomic E-state index is 12.9. The van der Waals surface area contributed by atoms with Crippen molar-refractivity contribution >= 4 is 17.9 Å². The molecule has 1 atom stereocenters. The predicted octanol–water partition coefficient (Wildman–Crippen LogP) is 22.8. The molecule has 0 saturated heterocycles. The molecular formula is C68H130O6. The van der Waals surface area contributed by atoms with Crippen LogP contribution in [0.5, 0.6) is 0 Å². The largest absolute Gasteiger partial charge is 0.462 e. The first-order valence-corrected chi connectivity index (χ1v) is 33.7. The topological polar surface area (TPSA) is 78.9 Å². The molecule has 0 rings (SSSR count). The Kier molecular flexibility index (Phi) is 62.1. The Morgan fingerprint density at radius 1 is 0.257 bits per heavy atom. The van der Waals surface area contributed by atoms with Crippen LogP contribution in [-0.2, 0) is 28.6 Å². The SMILES string of the molecule is CCCCCCCCC/C=C\CCCCCCCCCC(=O)OC(COC(=O)CCCCCCCCCCCC)COC(=O)CCCCCCCCCCCCCCCCCCCCCCCCCCCCCC. The molecule has 0 spiro atoms. The lowest BCUT2D eigenvalue weighted by Gasteiger charge is -2.18. The Hall–Kier alpha value is -1.85. The second-order valence-corrected chi connectivity index (χ2v) is 23.1. The van der Waals surface area contributed by atoms with Crippen LogP contribution in [0.1, 0.15) is 387 Å². The van der Waals surface area contributed by atoms with Crippen molar-refractivity contribution in [2.24, 2.45) is 0 Å². The van der Waals surface area contributed by atoms with E-state index in [4.69, 9.17) is 14.2 Å². The van der Waals surface area contributed by atoms with Crippen LogP contribution in [0.4, 0.5) is 0 Å². The van der Waals surface area contributed by atoms with E-state index in [0.717, 1.165) is 57.8 Å². The summed E-state index contributed by atoms with van der Waals surface area (Å²) in [6.07, 6.45) is 75.3. The summed E-state index contributed by atoms with van der Waals surface area (Å²) in [5.41, 5.74) is 0. The number of ether oxygens (including phenoxy) is 3. The summed E-state index contributed by atoms with van der Waals surface area (Å²) in [5, 5.41) is 0. The molecule has 0 N–H and O–H groups in total. The Labute approximate surface area is 462 Å². The van der Waals surface area contributed by atoms with Crippen molar-refractivity contribution in [2.45, 2.75) is 393 Å². The first kappa shape index (κ1) is 72.2. The fraction of sp³-hybridized carbons (Fsp3) is 0.926. The lowest BCUT2D eigenvalue weighted by atomic mass is 10.0. The van der Waals surface area contributed by atoms with Crippen molar-refractivity contribution in [3.05, 3.63) is 12.2 Å². The fourth-order valence-corrected chi connectivity index (χ4v) is 10.4. The molecule has 0 aromatic carbocycles. The number of hydrogen-bond donors (Lipinski definition) is 0. The molecule has 0 aromatic rings. The van der Waals surface area contributed by atoms with E-state index in [9.17, 15) is 14.4 Å². The Bertz CT molecular complexity index is 1150. The van der Waals surface area contributed by atoms with E-state index in [2.05, 4.69) is 32.9 Å². The monoisotopic (exact) mass is 1040 g/mol. The molecule has 438 valence electrons.